The largest absolute Gasteiger partial charge is 0.388 e. The molecule has 1 fully saturated rings. The topological polar surface area (TPSA) is 40.5 Å². The summed E-state index contributed by atoms with van der Waals surface area (Å²) in [5.41, 5.74) is -0.238. The van der Waals surface area contributed by atoms with Gasteiger partial charge in [0.1, 0.15) is 0 Å². The average Bonchev–Trinajstić information content (AvgIpc) is 2.82. The van der Waals surface area contributed by atoms with Gasteiger partial charge in [0.2, 0.25) is 5.91 Å². The maximum Gasteiger partial charge on any atom is 0.227 e. The average molecular weight is 316 g/mol. The van der Waals surface area contributed by atoms with Crippen molar-refractivity contribution in [2.45, 2.75) is 44.8 Å². The highest BCUT2D eigenvalue weighted by atomic mass is 35.5. The van der Waals surface area contributed by atoms with Crippen molar-refractivity contribution in [2.75, 3.05) is 6.54 Å². The van der Waals surface area contributed by atoms with Gasteiger partial charge in [-0.1, -0.05) is 29.3 Å². The molecule has 1 aromatic carbocycles. The van der Waals surface area contributed by atoms with E-state index in [2.05, 4.69) is 0 Å². The summed E-state index contributed by atoms with van der Waals surface area (Å²) in [6.07, 6.45) is 1.91. The van der Waals surface area contributed by atoms with Crippen molar-refractivity contribution >= 4 is 29.1 Å². The van der Waals surface area contributed by atoms with Crippen molar-refractivity contribution in [3.05, 3.63) is 33.8 Å². The Kier molecular flexibility index (Phi) is 4.62. The standard InChI is InChI=1S/C15H19Cl2NO2/c1-15(2,20)13-7-4-8-18(13)14(19)9-10-11(16)5-3-6-12(10)17/h3,5-6,13,20H,4,7-9H2,1-2H3. The van der Waals surface area contributed by atoms with E-state index in [0.717, 1.165) is 12.8 Å². The van der Waals surface area contributed by atoms with Gasteiger partial charge in [-0.05, 0) is 44.4 Å². The third-order valence-corrected chi connectivity index (χ3v) is 4.49. The third kappa shape index (κ3) is 3.27. The Morgan fingerprint density at radius 1 is 1.40 bits per heavy atom. The number of hydrogen-bond acceptors (Lipinski definition) is 2. The molecule has 1 N–H and O–H groups in total. The molecule has 20 heavy (non-hydrogen) atoms. The monoisotopic (exact) mass is 315 g/mol. The number of aliphatic hydroxyl groups is 1. The van der Waals surface area contributed by atoms with E-state index >= 15 is 0 Å². The van der Waals surface area contributed by atoms with E-state index in [1.807, 2.05) is 0 Å². The second kappa shape index (κ2) is 5.92. The van der Waals surface area contributed by atoms with Gasteiger partial charge in [-0.2, -0.15) is 0 Å². The summed E-state index contributed by atoms with van der Waals surface area (Å²) in [4.78, 5) is 14.2. The molecule has 0 aromatic heterocycles. The number of benzene rings is 1. The molecule has 1 aliphatic heterocycles. The molecular weight excluding hydrogens is 297 g/mol. The van der Waals surface area contributed by atoms with Crippen LogP contribution < -0.4 is 0 Å². The van der Waals surface area contributed by atoms with E-state index in [1.165, 1.54) is 0 Å². The second-order valence-corrected chi connectivity index (χ2v) is 6.59. The van der Waals surface area contributed by atoms with Crippen LogP contribution in [-0.2, 0) is 11.2 Å². The van der Waals surface area contributed by atoms with Crippen LogP contribution in [0.15, 0.2) is 18.2 Å². The first-order valence-corrected chi connectivity index (χ1v) is 7.51. The number of carbonyl (C=O) groups is 1. The summed E-state index contributed by atoms with van der Waals surface area (Å²) in [6, 6.07) is 5.08. The lowest BCUT2D eigenvalue weighted by atomic mass is 9.96. The first-order chi connectivity index (χ1) is 9.30. The molecule has 0 radical (unpaired) electrons. The van der Waals surface area contributed by atoms with Gasteiger partial charge < -0.3 is 10.0 Å². The van der Waals surface area contributed by atoms with Crippen LogP contribution >= 0.6 is 23.2 Å². The van der Waals surface area contributed by atoms with Crippen LogP contribution in [0.5, 0.6) is 0 Å². The minimum Gasteiger partial charge on any atom is -0.388 e. The highest BCUT2D eigenvalue weighted by Crippen LogP contribution is 2.30. The molecule has 3 nitrogen and oxygen atoms in total. The fourth-order valence-corrected chi connectivity index (χ4v) is 3.28. The van der Waals surface area contributed by atoms with Gasteiger partial charge in [-0.15, -0.1) is 0 Å². The Balaban J connectivity index is 2.16. The fraction of sp³-hybridized carbons (Fsp3) is 0.533. The second-order valence-electron chi connectivity index (χ2n) is 5.78. The predicted octanol–water partition coefficient (Wildman–Crippen LogP) is 3.30. The van der Waals surface area contributed by atoms with E-state index in [4.69, 9.17) is 23.2 Å². The highest BCUT2D eigenvalue weighted by Gasteiger charge is 2.38. The lowest BCUT2D eigenvalue weighted by Crippen LogP contribution is -2.48. The quantitative estimate of drug-likeness (QED) is 0.929. The number of halogens is 2. The minimum absolute atomic E-state index is 0.0374. The molecule has 1 aliphatic rings. The molecule has 1 heterocycles. The van der Waals surface area contributed by atoms with Crippen LogP contribution in [0.3, 0.4) is 0 Å². The van der Waals surface area contributed by atoms with E-state index < -0.39 is 5.60 Å². The molecule has 0 spiro atoms. The molecule has 1 saturated heterocycles. The number of nitrogens with zero attached hydrogens (tertiary/aromatic N) is 1. The van der Waals surface area contributed by atoms with Gasteiger partial charge in [0, 0.05) is 16.6 Å². The van der Waals surface area contributed by atoms with Crippen LogP contribution in [0.25, 0.3) is 0 Å². The minimum atomic E-state index is -0.892. The molecule has 0 saturated carbocycles. The molecule has 1 aromatic rings. The molecule has 1 unspecified atom stereocenters. The number of carbonyl (C=O) groups excluding carboxylic acids is 1. The van der Waals surface area contributed by atoms with Crippen molar-refractivity contribution in [2.24, 2.45) is 0 Å². The first-order valence-electron chi connectivity index (χ1n) is 6.75. The third-order valence-electron chi connectivity index (χ3n) is 3.78. The molecule has 0 aliphatic carbocycles. The Morgan fingerprint density at radius 3 is 2.55 bits per heavy atom. The zero-order valence-electron chi connectivity index (χ0n) is 11.7. The van der Waals surface area contributed by atoms with E-state index in [9.17, 15) is 9.90 Å². The molecule has 110 valence electrons. The first kappa shape index (κ1) is 15.6. The smallest absolute Gasteiger partial charge is 0.227 e. The van der Waals surface area contributed by atoms with Crippen molar-refractivity contribution in [3.8, 4) is 0 Å². The van der Waals surface area contributed by atoms with E-state index in [0.29, 0.717) is 22.2 Å². The fourth-order valence-electron chi connectivity index (χ4n) is 2.75. The van der Waals surface area contributed by atoms with Crippen molar-refractivity contribution in [1.82, 2.24) is 4.90 Å². The molecular formula is C15H19Cl2NO2. The molecule has 1 amide bonds. The number of rotatable bonds is 3. The van der Waals surface area contributed by atoms with Gasteiger partial charge in [-0.3, -0.25) is 4.79 Å². The number of likely N-dealkylation sites (tertiary alicyclic amines) is 1. The Hall–Kier alpha value is -0.770. The summed E-state index contributed by atoms with van der Waals surface area (Å²) in [7, 11) is 0. The van der Waals surface area contributed by atoms with Crippen molar-refractivity contribution < 1.29 is 9.90 Å². The molecule has 2 rings (SSSR count). The summed E-state index contributed by atoms with van der Waals surface area (Å²) >= 11 is 12.2. The van der Waals surface area contributed by atoms with Crippen molar-refractivity contribution in [3.63, 3.8) is 0 Å². The van der Waals surface area contributed by atoms with Gasteiger partial charge in [0.05, 0.1) is 18.1 Å². The molecule has 0 bridgehead atoms. The van der Waals surface area contributed by atoms with E-state index in [-0.39, 0.29) is 18.4 Å². The summed E-state index contributed by atoms with van der Waals surface area (Å²) in [6.45, 7) is 4.16. The Morgan fingerprint density at radius 2 is 2.00 bits per heavy atom. The zero-order valence-corrected chi connectivity index (χ0v) is 13.2. The van der Waals surface area contributed by atoms with Gasteiger partial charge in [0.25, 0.3) is 0 Å². The van der Waals surface area contributed by atoms with Crippen LogP contribution in [-0.4, -0.2) is 34.1 Å². The predicted molar refractivity (Wildman–Crippen MR) is 81.2 cm³/mol. The summed E-state index contributed by atoms with van der Waals surface area (Å²) in [5.74, 6) is -0.0374. The Labute approximate surface area is 129 Å². The number of amides is 1. The maximum atomic E-state index is 12.5. The van der Waals surface area contributed by atoms with E-state index in [1.54, 1.807) is 36.9 Å². The van der Waals surface area contributed by atoms with Gasteiger partial charge >= 0.3 is 0 Å². The van der Waals surface area contributed by atoms with Crippen LogP contribution in [0.4, 0.5) is 0 Å². The molecule has 1 atom stereocenters. The lowest BCUT2D eigenvalue weighted by Gasteiger charge is -2.34. The summed E-state index contributed by atoms with van der Waals surface area (Å²) < 4.78 is 0. The molecule has 5 heteroatoms. The van der Waals surface area contributed by atoms with Crippen LogP contribution in [0.2, 0.25) is 10.0 Å². The Bertz CT molecular complexity index is 491. The number of hydrogen-bond donors (Lipinski definition) is 1. The van der Waals surface area contributed by atoms with Crippen LogP contribution in [0, 0.1) is 0 Å². The van der Waals surface area contributed by atoms with Crippen molar-refractivity contribution in [1.29, 1.82) is 0 Å². The SMILES string of the molecule is CC(C)(O)C1CCCN1C(=O)Cc1c(Cl)cccc1Cl. The maximum absolute atomic E-state index is 12.5. The normalized spacial score (nSPS) is 19.4. The van der Waals surface area contributed by atoms with Crippen LogP contribution in [0.1, 0.15) is 32.3 Å². The highest BCUT2D eigenvalue weighted by molar-refractivity contribution is 6.36. The lowest BCUT2D eigenvalue weighted by molar-refractivity contribution is -0.135. The zero-order chi connectivity index (χ0) is 14.9. The van der Waals surface area contributed by atoms with Gasteiger partial charge in [-0.25, -0.2) is 0 Å². The summed E-state index contributed by atoms with van der Waals surface area (Å²) in [5, 5.41) is 11.2. The van der Waals surface area contributed by atoms with Gasteiger partial charge in [0.15, 0.2) is 0 Å².